The summed E-state index contributed by atoms with van der Waals surface area (Å²) in [4.78, 5) is 0. The molecule has 25 heavy (non-hydrogen) atoms. The van der Waals surface area contributed by atoms with E-state index in [0.29, 0.717) is 19.3 Å². The maximum Gasteiger partial charge on any atom is 0.207 e. The Morgan fingerprint density at radius 3 is 2.92 bits per heavy atom. The van der Waals surface area contributed by atoms with Crippen LogP contribution >= 0.6 is 0 Å². The molecule has 5 nitrogen and oxygen atoms in total. The molecular weight excluding hydrogens is 318 g/mol. The van der Waals surface area contributed by atoms with Crippen LogP contribution in [0, 0.1) is 17.2 Å². The van der Waals surface area contributed by atoms with Crippen molar-refractivity contribution in [3.63, 3.8) is 0 Å². The predicted molar refractivity (Wildman–Crippen MR) is 91.3 cm³/mol. The van der Waals surface area contributed by atoms with Gasteiger partial charge in [-0.2, -0.15) is 5.26 Å². The minimum Gasteiger partial charge on any atom is -0.467 e. The molecule has 3 fully saturated rings. The number of fused-ring (bicyclic) bond motifs is 1. The van der Waals surface area contributed by atoms with Crippen molar-refractivity contribution >= 4 is 0 Å². The van der Waals surface area contributed by atoms with E-state index in [1.807, 2.05) is 13.0 Å². The first-order chi connectivity index (χ1) is 12.0. The molecule has 5 atom stereocenters. The molecule has 2 aliphatic carbocycles. The van der Waals surface area contributed by atoms with Gasteiger partial charge in [-0.05, 0) is 45.1 Å². The smallest absolute Gasteiger partial charge is 0.207 e. The van der Waals surface area contributed by atoms with Crippen LogP contribution in [0.4, 0.5) is 0 Å². The molecule has 5 heteroatoms. The van der Waals surface area contributed by atoms with Crippen LogP contribution in [0.5, 0.6) is 0 Å². The number of hydrogen-bond donors (Lipinski definition) is 1. The highest BCUT2D eigenvalue weighted by Crippen LogP contribution is 2.50. The molecule has 2 bridgehead atoms. The van der Waals surface area contributed by atoms with Crippen molar-refractivity contribution in [2.75, 3.05) is 0 Å². The molecule has 1 saturated carbocycles. The summed E-state index contributed by atoms with van der Waals surface area (Å²) in [6.45, 7) is 1.95. The van der Waals surface area contributed by atoms with Gasteiger partial charge in [-0.3, -0.25) is 0 Å². The zero-order chi connectivity index (χ0) is 17.5. The second-order valence-electron chi connectivity index (χ2n) is 8.43. The number of rotatable bonds is 4. The molecule has 0 aromatic heterocycles. The minimum absolute atomic E-state index is 0.00821. The third-order valence-electron chi connectivity index (χ3n) is 6.26. The maximum absolute atomic E-state index is 10.7. The van der Waals surface area contributed by atoms with E-state index >= 15 is 0 Å². The molecule has 1 N–H and O–H groups in total. The zero-order valence-electron chi connectivity index (χ0n) is 15.1. The summed E-state index contributed by atoms with van der Waals surface area (Å²) in [5.74, 6) is -0.179. The molecule has 4 unspecified atom stereocenters. The van der Waals surface area contributed by atoms with Crippen molar-refractivity contribution in [3.05, 3.63) is 11.8 Å². The average molecular weight is 347 g/mol. The van der Waals surface area contributed by atoms with E-state index in [-0.39, 0.29) is 29.8 Å². The SMILES string of the molecule is C[C@@H](C#N)CC1CCC2OC3C=C(OC4(O)CCCCC4)CC2(C3)O1. The molecule has 4 rings (SSSR count). The summed E-state index contributed by atoms with van der Waals surface area (Å²) in [7, 11) is 0. The topological polar surface area (TPSA) is 71.7 Å². The number of ether oxygens (including phenoxy) is 3. The van der Waals surface area contributed by atoms with E-state index in [2.05, 4.69) is 6.07 Å². The molecule has 0 aromatic carbocycles. The second-order valence-corrected chi connectivity index (χ2v) is 8.43. The summed E-state index contributed by atoms with van der Waals surface area (Å²) in [5.41, 5.74) is -0.335. The summed E-state index contributed by atoms with van der Waals surface area (Å²) in [5, 5.41) is 19.8. The Balaban J connectivity index is 1.46. The number of nitriles is 1. The summed E-state index contributed by atoms with van der Waals surface area (Å²) in [6.07, 6.45) is 11.1. The molecule has 138 valence electrons. The third kappa shape index (κ3) is 3.45. The normalized spacial score (nSPS) is 40.5. The lowest BCUT2D eigenvalue weighted by Crippen LogP contribution is -2.50. The van der Waals surface area contributed by atoms with Crippen LogP contribution in [0.3, 0.4) is 0 Å². The molecule has 4 aliphatic rings. The Hall–Kier alpha value is -1.09. The van der Waals surface area contributed by atoms with Crippen LogP contribution in [0.15, 0.2) is 11.8 Å². The largest absolute Gasteiger partial charge is 0.467 e. The van der Waals surface area contributed by atoms with Gasteiger partial charge < -0.3 is 19.3 Å². The fourth-order valence-corrected chi connectivity index (χ4v) is 5.06. The van der Waals surface area contributed by atoms with Crippen molar-refractivity contribution in [1.29, 1.82) is 5.26 Å². The molecule has 1 spiro atoms. The van der Waals surface area contributed by atoms with E-state index in [4.69, 9.17) is 19.5 Å². The molecule has 0 aromatic rings. The highest BCUT2D eigenvalue weighted by Gasteiger charge is 2.56. The lowest BCUT2D eigenvalue weighted by Gasteiger charge is -2.44. The van der Waals surface area contributed by atoms with E-state index in [1.165, 1.54) is 6.42 Å². The van der Waals surface area contributed by atoms with Crippen LogP contribution in [0.1, 0.15) is 71.1 Å². The number of hydrogen-bond acceptors (Lipinski definition) is 5. The van der Waals surface area contributed by atoms with Crippen molar-refractivity contribution < 1.29 is 19.3 Å². The quantitative estimate of drug-likeness (QED) is 0.787. The van der Waals surface area contributed by atoms with E-state index < -0.39 is 5.79 Å². The highest BCUT2D eigenvalue weighted by atomic mass is 16.6. The number of aliphatic hydroxyl groups is 1. The lowest BCUT2D eigenvalue weighted by molar-refractivity contribution is -0.210. The third-order valence-corrected chi connectivity index (χ3v) is 6.26. The van der Waals surface area contributed by atoms with E-state index in [9.17, 15) is 5.11 Å². The summed E-state index contributed by atoms with van der Waals surface area (Å²) >= 11 is 0. The van der Waals surface area contributed by atoms with Gasteiger partial charge in [0.15, 0.2) is 0 Å². The molecule has 2 aliphatic heterocycles. The van der Waals surface area contributed by atoms with Gasteiger partial charge in [-0.15, -0.1) is 0 Å². The van der Waals surface area contributed by atoms with Gasteiger partial charge in [0.05, 0.1) is 24.4 Å². The predicted octanol–water partition coefficient (Wildman–Crippen LogP) is 3.57. The van der Waals surface area contributed by atoms with Crippen molar-refractivity contribution in [2.45, 2.75) is 101 Å². The monoisotopic (exact) mass is 347 g/mol. The van der Waals surface area contributed by atoms with Gasteiger partial charge >= 0.3 is 0 Å². The van der Waals surface area contributed by atoms with Gasteiger partial charge in [-0.25, -0.2) is 0 Å². The fourth-order valence-electron chi connectivity index (χ4n) is 5.06. The first kappa shape index (κ1) is 17.3. The Kier molecular flexibility index (Phi) is 4.56. The summed E-state index contributed by atoms with van der Waals surface area (Å²) in [6, 6.07) is 2.31. The van der Waals surface area contributed by atoms with Crippen molar-refractivity contribution in [1.82, 2.24) is 0 Å². The molecule has 0 amide bonds. The van der Waals surface area contributed by atoms with Gasteiger partial charge in [0, 0.05) is 31.6 Å². The lowest BCUT2D eigenvalue weighted by atomic mass is 9.80. The van der Waals surface area contributed by atoms with Crippen LogP contribution in [0.2, 0.25) is 0 Å². The minimum atomic E-state index is -1.02. The van der Waals surface area contributed by atoms with Crippen LogP contribution < -0.4 is 0 Å². The average Bonchev–Trinajstić information content (AvgIpc) is 2.84. The maximum atomic E-state index is 10.7. The standard InChI is InChI=1S/C20H29NO4/c1-14(13-21)9-15-5-6-18-19(24-15)11-16(23-18)10-17(12-19)25-20(22)7-3-2-4-8-20/h10,14-16,18,22H,2-9,11-12H2,1H3/t14-,15?,16?,18?,19?/m1/s1. The molecule has 0 radical (unpaired) electrons. The Morgan fingerprint density at radius 1 is 1.36 bits per heavy atom. The Labute approximate surface area is 149 Å². The zero-order valence-corrected chi connectivity index (χ0v) is 15.1. The van der Waals surface area contributed by atoms with Gasteiger partial charge in [0.1, 0.15) is 11.4 Å². The second kappa shape index (κ2) is 6.57. The van der Waals surface area contributed by atoms with Crippen LogP contribution in [-0.2, 0) is 14.2 Å². The van der Waals surface area contributed by atoms with Gasteiger partial charge in [0.25, 0.3) is 0 Å². The summed E-state index contributed by atoms with van der Waals surface area (Å²) < 4.78 is 18.8. The van der Waals surface area contributed by atoms with Crippen molar-refractivity contribution in [2.24, 2.45) is 5.92 Å². The van der Waals surface area contributed by atoms with Gasteiger partial charge in [0.2, 0.25) is 5.79 Å². The van der Waals surface area contributed by atoms with Gasteiger partial charge in [-0.1, -0.05) is 6.42 Å². The van der Waals surface area contributed by atoms with Crippen molar-refractivity contribution in [3.8, 4) is 6.07 Å². The van der Waals surface area contributed by atoms with Crippen LogP contribution in [-0.4, -0.2) is 34.8 Å². The van der Waals surface area contributed by atoms with Crippen LogP contribution in [0.25, 0.3) is 0 Å². The van der Waals surface area contributed by atoms with E-state index in [0.717, 1.165) is 44.3 Å². The first-order valence-electron chi connectivity index (χ1n) is 9.85. The molecule has 2 saturated heterocycles. The fraction of sp³-hybridized carbons (Fsp3) is 0.850. The Bertz CT molecular complexity index is 577. The number of nitrogens with zero attached hydrogens (tertiary/aromatic N) is 1. The highest BCUT2D eigenvalue weighted by molar-refractivity contribution is 5.19. The Morgan fingerprint density at radius 2 is 2.16 bits per heavy atom. The molecular formula is C20H29NO4. The first-order valence-corrected chi connectivity index (χ1v) is 9.85. The van der Waals surface area contributed by atoms with E-state index in [1.54, 1.807) is 0 Å². The molecule has 2 heterocycles.